The lowest BCUT2D eigenvalue weighted by atomic mass is 9.94. The Balaban J connectivity index is 1.45. The summed E-state index contributed by atoms with van der Waals surface area (Å²) in [7, 11) is 1.44. The highest BCUT2D eigenvalue weighted by molar-refractivity contribution is 5.91. The molecule has 0 radical (unpaired) electrons. The highest BCUT2D eigenvalue weighted by Crippen LogP contribution is 2.44. The molecule has 34 heavy (non-hydrogen) atoms. The molecule has 1 fully saturated rings. The predicted octanol–water partition coefficient (Wildman–Crippen LogP) is 3.25. The molecule has 2 aromatic rings. The van der Waals surface area contributed by atoms with Crippen LogP contribution in [0, 0.1) is 5.92 Å². The van der Waals surface area contributed by atoms with Crippen LogP contribution in [0.2, 0.25) is 0 Å². The van der Waals surface area contributed by atoms with Gasteiger partial charge in [-0.3, -0.25) is 4.79 Å². The summed E-state index contributed by atoms with van der Waals surface area (Å²) in [6, 6.07) is 15.2. The van der Waals surface area contributed by atoms with Crippen molar-refractivity contribution in [3.8, 4) is 11.1 Å². The van der Waals surface area contributed by atoms with E-state index in [9.17, 15) is 19.5 Å². The first-order chi connectivity index (χ1) is 16.3. The molecule has 1 heterocycles. The summed E-state index contributed by atoms with van der Waals surface area (Å²) in [6.45, 7) is 3.88. The van der Waals surface area contributed by atoms with Crippen molar-refractivity contribution in [2.45, 2.75) is 37.8 Å². The number of likely N-dealkylation sites (N-methyl/N-ethyl adjacent to an activating group) is 1. The zero-order valence-electron chi connectivity index (χ0n) is 19.6. The van der Waals surface area contributed by atoms with Crippen molar-refractivity contribution in [1.29, 1.82) is 0 Å². The molecule has 0 aromatic heterocycles. The number of benzene rings is 2. The molecule has 1 saturated heterocycles. The number of carboxylic acid groups (broad SMARTS) is 1. The summed E-state index contributed by atoms with van der Waals surface area (Å²) in [6.07, 6.45) is -0.519. The second kappa shape index (κ2) is 9.46. The molecular formula is C26H30N2O6. The Bertz CT molecular complexity index is 1050. The number of ether oxygens (including phenoxy) is 2. The Kier molecular flexibility index (Phi) is 6.61. The normalized spacial score (nSPS) is 19.9. The van der Waals surface area contributed by atoms with Crippen LogP contribution in [0.3, 0.4) is 0 Å². The predicted molar refractivity (Wildman–Crippen MR) is 125 cm³/mol. The van der Waals surface area contributed by atoms with Gasteiger partial charge in [-0.2, -0.15) is 0 Å². The van der Waals surface area contributed by atoms with E-state index in [-0.39, 0.29) is 38.1 Å². The van der Waals surface area contributed by atoms with Gasteiger partial charge in [0.15, 0.2) is 5.54 Å². The van der Waals surface area contributed by atoms with Gasteiger partial charge in [-0.25, -0.2) is 9.59 Å². The van der Waals surface area contributed by atoms with E-state index in [4.69, 9.17) is 9.47 Å². The van der Waals surface area contributed by atoms with Gasteiger partial charge in [-0.1, -0.05) is 62.4 Å². The van der Waals surface area contributed by atoms with Crippen molar-refractivity contribution in [2.75, 3.05) is 26.9 Å². The van der Waals surface area contributed by atoms with Gasteiger partial charge in [0.25, 0.3) is 0 Å². The summed E-state index contributed by atoms with van der Waals surface area (Å²) in [4.78, 5) is 39.1. The molecule has 2 atom stereocenters. The van der Waals surface area contributed by atoms with Gasteiger partial charge in [0.05, 0.1) is 6.61 Å². The molecule has 0 bridgehead atoms. The summed E-state index contributed by atoms with van der Waals surface area (Å²) >= 11 is 0. The largest absolute Gasteiger partial charge is 0.479 e. The van der Waals surface area contributed by atoms with Gasteiger partial charge in [0.2, 0.25) is 5.91 Å². The highest BCUT2D eigenvalue weighted by Gasteiger charge is 2.49. The van der Waals surface area contributed by atoms with Crippen LogP contribution in [0.15, 0.2) is 48.5 Å². The number of hydrogen-bond donors (Lipinski definition) is 2. The van der Waals surface area contributed by atoms with Crippen molar-refractivity contribution in [3.63, 3.8) is 0 Å². The Morgan fingerprint density at radius 3 is 2.21 bits per heavy atom. The van der Waals surface area contributed by atoms with Crippen molar-refractivity contribution >= 4 is 18.0 Å². The SMILES string of the molecule is CC(C)[C@@H](NC(=O)OCC1c2ccccc2-c2ccccc21)C(=O)N(C)C1(C(=O)O)CCOC1. The number of rotatable bonds is 7. The van der Waals surface area contributed by atoms with Gasteiger partial charge in [0.1, 0.15) is 12.6 Å². The molecule has 2 aromatic carbocycles. The number of amides is 2. The van der Waals surface area contributed by atoms with Crippen molar-refractivity contribution < 1.29 is 29.0 Å². The minimum Gasteiger partial charge on any atom is -0.479 e. The number of carbonyl (C=O) groups excluding carboxylic acids is 2. The number of nitrogens with one attached hydrogen (secondary N) is 1. The lowest BCUT2D eigenvalue weighted by Crippen LogP contribution is -2.61. The number of hydrogen-bond acceptors (Lipinski definition) is 5. The van der Waals surface area contributed by atoms with Gasteiger partial charge in [-0.15, -0.1) is 0 Å². The monoisotopic (exact) mass is 466 g/mol. The molecule has 2 amide bonds. The standard InChI is InChI=1S/C26H30N2O6/c1-16(2)22(23(29)28(3)26(24(30)31)12-13-33-15-26)27-25(32)34-14-21-19-10-6-4-8-17(19)18-9-5-7-11-20(18)21/h4-11,16,21-22H,12-15H2,1-3H3,(H,27,32)(H,30,31)/t22-,26?/m1/s1. The minimum absolute atomic E-state index is 0.0830. The van der Waals surface area contributed by atoms with Crippen molar-refractivity contribution in [2.24, 2.45) is 5.92 Å². The third-order valence-corrected chi connectivity index (χ3v) is 6.92. The van der Waals surface area contributed by atoms with Crippen LogP contribution in [-0.2, 0) is 19.1 Å². The van der Waals surface area contributed by atoms with Gasteiger partial charge in [-0.05, 0) is 28.2 Å². The average Bonchev–Trinajstić information content (AvgIpc) is 3.44. The van der Waals surface area contributed by atoms with Crippen LogP contribution in [-0.4, -0.2) is 66.4 Å². The lowest BCUT2D eigenvalue weighted by Gasteiger charge is -2.36. The Labute approximate surface area is 198 Å². The maximum Gasteiger partial charge on any atom is 0.407 e. The summed E-state index contributed by atoms with van der Waals surface area (Å²) in [5.74, 6) is -1.98. The van der Waals surface area contributed by atoms with Crippen molar-refractivity contribution in [3.05, 3.63) is 59.7 Å². The third kappa shape index (κ3) is 4.14. The number of aliphatic carboxylic acids is 1. The van der Waals surface area contributed by atoms with Gasteiger partial charge >= 0.3 is 12.1 Å². The van der Waals surface area contributed by atoms with Gasteiger partial charge in [0, 0.05) is 26.0 Å². The second-order valence-corrected chi connectivity index (χ2v) is 9.23. The van der Waals surface area contributed by atoms with Crippen LogP contribution < -0.4 is 5.32 Å². The molecule has 2 aliphatic rings. The highest BCUT2D eigenvalue weighted by atomic mass is 16.5. The summed E-state index contributed by atoms with van der Waals surface area (Å²) in [5, 5.41) is 12.4. The average molecular weight is 467 g/mol. The number of nitrogens with zero attached hydrogens (tertiary/aromatic N) is 1. The first-order valence-electron chi connectivity index (χ1n) is 11.5. The molecular weight excluding hydrogens is 436 g/mol. The van der Waals surface area contributed by atoms with E-state index in [1.165, 1.54) is 11.9 Å². The van der Waals surface area contributed by atoms with Gasteiger partial charge < -0.3 is 24.8 Å². The Hall–Kier alpha value is -3.39. The van der Waals surface area contributed by atoms with Crippen LogP contribution in [0.5, 0.6) is 0 Å². The zero-order chi connectivity index (χ0) is 24.5. The summed E-state index contributed by atoms with van der Waals surface area (Å²) < 4.78 is 10.9. The quantitative estimate of drug-likeness (QED) is 0.649. The molecule has 180 valence electrons. The van der Waals surface area contributed by atoms with E-state index < -0.39 is 29.6 Å². The fourth-order valence-corrected chi connectivity index (χ4v) is 4.83. The number of carboxylic acids is 1. The molecule has 1 aliphatic heterocycles. The first-order valence-corrected chi connectivity index (χ1v) is 11.5. The molecule has 4 rings (SSSR count). The van der Waals surface area contributed by atoms with E-state index in [1.807, 2.05) is 36.4 Å². The third-order valence-electron chi connectivity index (χ3n) is 6.92. The molecule has 8 heteroatoms. The van der Waals surface area contributed by atoms with Crippen LogP contribution in [0.1, 0.15) is 37.3 Å². The number of carbonyl (C=O) groups is 3. The van der Waals surface area contributed by atoms with E-state index in [0.717, 1.165) is 22.3 Å². The molecule has 1 aliphatic carbocycles. The van der Waals surface area contributed by atoms with Crippen LogP contribution >= 0.6 is 0 Å². The second-order valence-electron chi connectivity index (χ2n) is 9.23. The van der Waals surface area contributed by atoms with E-state index in [2.05, 4.69) is 17.4 Å². The maximum atomic E-state index is 13.2. The fourth-order valence-electron chi connectivity index (χ4n) is 4.83. The van der Waals surface area contributed by atoms with Crippen LogP contribution in [0.4, 0.5) is 4.79 Å². The zero-order valence-corrected chi connectivity index (χ0v) is 19.6. The molecule has 2 N–H and O–H groups in total. The smallest absolute Gasteiger partial charge is 0.407 e. The summed E-state index contributed by atoms with van der Waals surface area (Å²) in [5.41, 5.74) is 3.01. The van der Waals surface area contributed by atoms with E-state index in [0.29, 0.717) is 0 Å². The van der Waals surface area contributed by atoms with E-state index >= 15 is 0 Å². The maximum absolute atomic E-state index is 13.2. The van der Waals surface area contributed by atoms with Crippen LogP contribution in [0.25, 0.3) is 11.1 Å². The fraction of sp³-hybridized carbons (Fsp3) is 0.423. The lowest BCUT2D eigenvalue weighted by molar-refractivity contribution is -0.159. The Morgan fingerprint density at radius 2 is 1.71 bits per heavy atom. The minimum atomic E-state index is -1.44. The van der Waals surface area contributed by atoms with Crippen molar-refractivity contribution in [1.82, 2.24) is 10.2 Å². The Morgan fingerprint density at radius 1 is 1.12 bits per heavy atom. The molecule has 0 saturated carbocycles. The topological polar surface area (TPSA) is 105 Å². The molecule has 8 nitrogen and oxygen atoms in total. The molecule has 1 unspecified atom stereocenters. The van der Waals surface area contributed by atoms with E-state index in [1.54, 1.807) is 13.8 Å². The first kappa shape index (κ1) is 23.8. The number of alkyl carbamates (subject to hydrolysis) is 1. The molecule has 0 spiro atoms. The number of fused-ring (bicyclic) bond motifs is 3.